The maximum atomic E-state index is 5.87. The lowest BCUT2D eigenvalue weighted by Gasteiger charge is -2.35. The summed E-state index contributed by atoms with van der Waals surface area (Å²) in [5.41, 5.74) is 8.50. The summed E-state index contributed by atoms with van der Waals surface area (Å²) in [5.74, 6) is 0.844. The van der Waals surface area contributed by atoms with E-state index in [-0.39, 0.29) is 0 Å². The number of hydrogen-bond donors (Lipinski definition) is 1. The summed E-state index contributed by atoms with van der Waals surface area (Å²) in [6.45, 7) is 5.30. The van der Waals surface area contributed by atoms with E-state index >= 15 is 0 Å². The van der Waals surface area contributed by atoms with Crippen molar-refractivity contribution in [3.63, 3.8) is 0 Å². The fourth-order valence-electron chi connectivity index (χ4n) is 3.42. The molecule has 0 bridgehead atoms. The molecule has 2 aromatic carbocycles. The van der Waals surface area contributed by atoms with E-state index in [1.165, 1.54) is 54.4 Å². The number of fused-ring (bicyclic) bond motifs is 1. The van der Waals surface area contributed by atoms with Gasteiger partial charge < -0.3 is 10.6 Å². The van der Waals surface area contributed by atoms with E-state index in [2.05, 4.69) is 48.2 Å². The minimum atomic E-state index is 0.610. The lowest BCUT2D eigenvalue weighted by atomic mass is 9.94. The summed E-state index contributed by atoms with van der Waals surface area (Å²) >= 11 is 0. The molecule has 0 saturated carbocycles. The first-order chi connectivity index (χ1) is 9.83. The molecule has 20 heavy (non-hydrogen) atoms. The van der Waals surface area contributed by atoms with Gasteiger partial charge in [-0.05, 0) is 35.8 Å². The van der Waals surface area contributed by atoms with Crippen molar-refractivity contribution in [2.24, 2.45) is 11.7 Å². The summed E-state index contributed by atoms with van der Waals surface area (Å²) in [5, 5.41) is 2.67. The zero-order chi connectivity index (χ0) is 13.9. The van der Waals surface area contributed by atoms with E-state index in [1.54, 1.807) is 0 Å². The molecule has 0 spiro atoms. The quantitative estimate of drug-likeness (QED) is 0.914. The van der Waals surface area contributed by atoms with Crippen LogP contribution in [0.5, 0.6) is 0 Å². The Morgan fingerprint density at radius 1 is 1.15 bits per heavy atom. The molecule has 3 rings (SSSR count). The molecule has 0 aliphatic carbocycles. The minimum Gasteiger partial charge on any atom is -0.371 e. The molecule has 1 aliphatic rings. The lowest BCUT2D eigenvalue weighted by molar-refractivity contribution is 0.405. The van der Waals surface area contributed by atoms with Gasteiger partial charge in [0.2, 0.25) is 0 Å². The van der Waals surface area contributed by atoms with Crippen LogP contribution in [0.15, 0.2) is 36.4 Å². The maximum Gasteiger partial charge on any atom is 0.0446 e. The van der Waals surface area contributed by atoms with Gasteiger partial charge in [-0.15, -0.1) is 0 Å². The number of piperidine rings is 1. The Morgan fingerprint density at radius 3 is 2.70 bits per heavy atom. The first kappa shape index (κ1) is 13.4. The normalized spacial score (nSPS) is 19.5. The Hall–Kier alpha value is -1.54. The topological polar surface area (TPSA) is 29.3 Å². The Labute approximate surface area is 121 Å². The SMILES string of the molecule is CCC1CCCN(c2ccc(CN)c3ccccc23)C1. The standard InChI is InChI=1S/C18H24N2/c1-2-14-6-5-11-20(13-14)18-10-9-15(12-19)16-7-3-4-8-17(16)18/h3-4,7-10,14H,2,5-6,11-13,19H2,1H3. The molecule has 0 radical (unpaired) electrons. The molecule has 2 nitrogen and oxygen atoms in total. The van der Waals surface area contributed by atoms with Crippen LogP contribution in [-0.2, 0) is 6.54 Å². The van der Waals surface area contributed by atoms with Crippen molar-refractivity contribution in [2.75, 3.05) is 18.0 Å². The summed E-state index contributed by atoms with van der Waals surface area (Å²) in [7, 11) is 0. The van der Waals surface area contributed by atoms with E-state index in [1.807, 2.05) is 0 Å². The molecular formula is C18H24N2. The average molecular weight is 268 g/mol. The highest BCUT2D eigenvalue weighted by Crippen LogP contribution is 2.32. The van der Waals surface area contributed by atoms with Gasteiger partial charge in [0, 0.05) is 30.7 Å². The highest BCUT2D eigenvalue weighted by Gasteiger charge is 2.20. The third-order valence-corrected chi connectivity index (χ3v) is 4.65. The van der Waals surface area contributed by atoms with Crippen molar-refractivity contribution in [1.82, 2.24) is 0 Å². The number of anilines is 1. The molecule has 0 amide bonds. The van der Waals surface area contributed by atoms with Crippen molar-refractivity contribution in [1.29, 1.82) is 0 Å². The Bertz CT molecular complexity index is 591. The number of nitrogens with two attached hydrogens (primary N) is 1. The van der Waals surface area contributed by atoms with Crippen molar-refractivity contribution < 1.29 is 0 Å². The average Bonchev–Trinajstić information content (AvgIpc) is 2.54. The first-order valence-corrected chi connectivity index (χ1v) is 7.79. The van der Waals surface area contributed by atoms with Gasteiger partial charge >= 0.3 is 0 Å². The molecule has 0 aromatic heterocycles. The molecule has 106 valence electrons. The van der Waals surface area contributed by atoms with E-state index in [4.69, 9.17) is 5.73 Å². The largest absolute Gasteiger partial charge is 0.371 e. The molecule has 2 aromatic rings. The van der Waals surface area contributed by atoms with Crippen molar-refractivity contribution in [3.8, 4) is 0 Å². The van der Waals surface area contributed by atoms with Gasteiger partial charge in [-0.1, -0.05) is 43.7 Å². The van der Waals surface area contributed by atoms with Crippen LogP contribution in [0.1, 0.15) is 31.7 Å². The van der Waals surface area contributed by atoms with Crippen LogP contribution < -0.4 is 10.6 Å². The summed E-state index contributed by atoms with van der Waals surface area (Å²) in [6.07, 6.45) is 3.98. The van der Waals surface area contributed by atoms with Gasteiger partial charge in [0.1, 0.15) is 0 Å². The molecule has 1 atom stereocenters. The van der Waals surface area contributed by atoms with Crippen LogP contribution in [0.2, 0.25) is 0 Å². The predicted octanol–water partition coefficient (Wildman–Crippen LogP) is 3.92. The van der Waals surface area contributed by atoms with Crippen LogP contribution in [0.4, 0.5) is 5.69 Å². The summed E-state index contributed by atoms with van der Waals surface area (Å²) in [4.78, 5) is 2.57. The second-order valence-corrected chi connectivity index (χ2v) is 5.86. The zero-order valence-corrected chi connectivity index (χ0v) is 12.3. The van der Waals surface area contributed by atoms with Crippen LogP contribution in [0.25, 0.3) is 10.8 Å². The fourth-order valence-corrected chi connectivity index (χ4v) is 3.42. The molecule has 1 fully saturated rings. The fraction of sp³-hybridized carbons (Fsp3) is 0.444. The van der Waals surface area contributed by atoms with Crippen LogP contribution in [-0.4, -0.2) is 13.1 Å². The Morgan fingerprint density at radius 2 is 1.95 bits per heavy atom. The van der Waals surface area contributed by atoms with Crippen molar-refractivity contribution in [3.05, 3.63) is 42.0 Å². The second kappa shape index (κ2) is 5.84. The Balaban J connectivity index is 2.03. The van der Waals surface area contributed by atoms with E-state index in [0.29, 0.717) is 6.54 Å². The number of rotatable bonds is 3. The van der Waals surface area contributed by atoms with Crippen LogP contribution >= 0.6 is 0 Å². The molecule has 2 heteroatoms. The van der Waals surface area contributed by atoms with Gasteiger partial charge in [-0.3, -0.25) is 0 Å². The van der Waals surface area contributed by atoms with Crippen LogP contribution in [0, 0.1) is 5.92 Å². The summed E-state index contributed by atoms with van der Waals surface area (Å²) < 4.78 is 0. The van der Waals surface area contributed by atoms with Gasteiger partial charge in [-0.2, -0.15) is 0 Å². The third-order valence-electron chi connectivity index (χ3n) is 4.65. The van der Waals surface area contributed by atoms with Gasteiger partial charge in [0.25, 0.3) is 0 Å². The van der Waals surface area contributed by atoms with Gasteiger partial charge in [0.05, 0.1) is 0 Å². The number of benzene rings is 2. The smallest absolute Gasteiger partial charge is 0.0446 e. The minimum absolute atomic E-state index is 0.610. The van der Waals surface area contributed by atoms with Gasteiger partial charge in [0.15, 0.2) is 0 Å². The third kappa shape index (κ3) is 2.40. The number of nitrogens with zero attached hydrogens (tertiary/aromatic N) is 1. The van der Waals surface area contributed by atoms with E-state index < -0.39 is 0 Å². The van der Waals surface area contributed by atoms with Crippen molar-refractivity contribution >= 4 is 16.5 Å². The number of hydrogen-bond acceptors (Lipinski definition) is 2. The highest BCUT2D eigenvalue weighted by molar-refractivity contribution is 5.96. The summed E-state index contributed by atoms with van der Waals surface area (Å²) in [6, 6.07) is 13.1. The van der Waals surface area contributed by atoms with E-state index in [9.17, 15) is 0 Å². The highest BCUT2D eigenvalue weighted by atomic mass is 15.1. The Kier molecular flexibility index (Phi) is 3.93. The second-order valence-electron chi connectivity index (χ2n) is 5.86. The van der Waals surface area contributed by atoms with Gasteiger partial charge in [-0.25, -0.2) is 0 Å². The molecule has 2 N–H and O–H groups in total. The maximum absolute atomic E-state index is 5.87. The van der Waals surface area contributed by atoms with E-state index in [0.717, 1.165) is 5.92 Å². The molecule has 1 saturated heterocycles. The van der Waals surface area contributed by atoms with Crippen molar-refractivity contribution in [2.45, 2.75) is 32.7 Å². The zero-order valence-electron chi connectivity index (χ0n) is 12.3. The van der Waals surface area contributed by atoms with Crippen LogP contribution in [0.3, 0.4) is 0 Å². The molecule has 1 aliphatic heterocycles. The first-order valence-electron chi connectivity index (χ1n) is 7.79. The molecule has 1 heterocycles. The molecular weight excluding hydrogens is 244 g/mol. The molecule has 1 unspecified atom stereocenters. The predicted molar refractivity (Wildman–Crippen MR) is 87.1 cm³/mol. The monoisotopic (exact) mass is 268 g/mol. The lowest BCUT2D eigenvalue weighted by Crippen LogP contribution is -2.35.